The maximum absolute atomic E-state index is 6.25. The van der Waals surface area contributed by atoms with E-state index in [1.54, 1.807) is 0 Å². The predicted octanol–water partition coefficient (Wildman–Crippen LogP) is 0.507. The molecule has 4 nitrogen and oxygen atoms in total. The highest BCUT2D eigenvalue weighted by Crippen LogP contribution is 1.68. The van der Waals surface area contributed by atoms with E-state index < -0.39 is 0 Å². The molecule has 0 radical (unpaired) electrons. The summed E-state index contributed by atoms with van der Waals surface area (Å²) in [4.78, 5) is 0. The number of hydrogen-bond acceptors (Lipinski definition) is 3. The minimum absolute atomic E-state index is 0.0231. The summed E-state index contributed by atoms with van der Waals surface area (Å²) < 4.78 is 0. The Hall–Kier alpha value is -0.840. The molecule has 2 N–H and O–H groups in total. The van der Waals surface area contributed by atoms with Crippen LogP contribution in [0.25, 0.3) is 0 Å². The van der Waals surface area contributed by atoms with E-state index in [-0.39, 0.29) is 5.11 Å². The molecule has 0 atom stereocenters. The summed E-state index contributed by atoms with van der Waals surface area (Å²) in [6.07, 6.45) is 0. The Kier molecular flexibility index (Phi) is 2.95. The highest BCUT2D eigenvalue weighted by molar-refractivity contribution is 7.80. The van der Waals surface area contributed by atoms with Gasteiger partial charge in [-0.1, -0.05) is 0 Å². The van der Waals surface area contributed by atoms with Crippen LogP contribution in [0.15, 0.2) is 10.2 Å². The van der Waals surface area contributed by atoms with Crippen LogP contribution < -0.4 is 5.43 Å². The van der Waals surface area contributed by atoms with Gasteiger partial charge < -0.3 is 0 Å². The van der Waals surface area contributed by atoms with Gasteiger partial charge in [0.1, 0.15) is 0 Å². The molecule has 0 unspecified atom stereocenters. The first-order valence-electron chi connectivity index (χ1n) is 1.44. The standard InChI is InChI=1S/C2H4N4S/c1-4-6-2(7)5-3/h3H,1H2,(H,6,7). The summed E-state index contributed by atoms with van der Waals surface area (Å²) >= 11 is 4.36. The lowest BCUT2D eigenvalue weighted by atomic mass is 11.2. The van der Waals surface area contributed by atoms with Crippen molar-refractivity contribution >= 4 is 24.0 Å². The third kappa shape index (κ3) is 2.98. The third-order valence-electron chi connectivity index (χ3n) is 0.276. The molecule has 0 bridgehead atoms. The van der Waals surface area contributed by atoms with Crippen LogP contribution in [-0.4, -0.2) is 11.8 Å². The molecule has 0 aliphatic heterocycles. The number of nitrogens with one attached hydrogen (secondary N) is 2. The first kappa shape index (κ1) is 6.16. The third-order valence-corrected chi connectivity index (χ3v) is 0.459. The van der Waals surface area contributed by atoms with E-state index in [9.17, 15) is 0 Å². The fourth-order valence-electron chi connectivity index (χ4n) is 0.0926. The first-order chi connectivity index (χ1) is 3.31. The van der Waals surface area contributed by atoms with Gasteiger partial charge in [-0.25, -0.2) is 5.53 Å². The van der Waals surface area contributed by atoms with Crippen LogP contribution in [-0.2, 0) is 0 Å². The minimum Gasteiger partial charge on any atom is -0.251 e. The van der Waals surface area contributed by atoms with Crippen LogP contribution in [0.5, 0.6) is 0 Å². The summed E-state index contributed by atoms with van der Waals surface area (Å²) in [6, 6.07) is 0. The van der Waals surface area contributed by atoms with Gasteiger partial charge in [0, 0.05) is 6.72 Å². The van der Waals surface area contributed by atoms with Crippen molar-refractivity contribution in [3.8, 4) is 0 Å². The van der Waals surface area contributed by atoms with Crippen molar-refractivity contribution in [1.29, 1.82) is 5.53 Å². The lowest BCUT2D eigenvalue weighted by Crippen LogP contribution is -2.09. The molecule has 0 amide bonds. The molecule has 0 aromatic rings. The van der Waals surface area contributed by atoms with E-state index in [4.69, 9.17) is 5.53 Å². The van der Waals surface area contributed by atoms with E-state index >= 15 is 0 Å². The van der Waals surface area contributed by atoms with Crippen LogP contribution in [0.3, 0.4) is 0 Å². The van der Waals surface area contributed by atoms with E-state index in [1.165, 1.54) is 0 Å². The Labute approximate surface area is 46.1 Å². The van der Waals surface area contributed by atoms with Gasteiger partial charge in [-0.05, 0) is 12.2 Å². The molecular formula is C2H4N4S. The van der Waals surface area contributed by atoms with E-state index in [0.29, 0.717) is 0 Å². The Morgan fingerprint density at radius 1 is 1.86 bits per heavy atom. The number of hydrazone groups is 1. The number of thiocarbonyl (C=S) groups is 1. The van der Waals surface area contributed by atoms with Gasteiger partial charge in [-0.2, -0.15) is 5.10 Å². The summed E-state index contributed by atoms with van der Waals surface area (Å²) in [6.45, 7) is 3.06. The molecule has 0 aromatic heterocycles. The lowest BCUT2D eigenvalue weighted by molar-refractivity contribution is 1.01. The zero-order valence-electron chi connectivity index (χ0n) is 3.51. The van der Waals surface area contributed by atoms with E-state index in [2.05, 4.69) is 34.6 Å². The van der Waals surface area contributed by atoms with E-state index in [0.717, 1.165) is 0 Å². The van der Waals surface area contributed by atoms with Crippen molar-refractivity contribution < 1.29 is 0 Å². The Bertz CT molecular complexity index is 97.9. The topological polar surface area (TPSA) is 60.6 Å². The molecule has 0 aliphatic carbocycles. The second-order valence-corrected chi connectivity index (χ2v) is 1.07. The Morgan fingerprint density at radius 2 is 2.43 bits per heavy atom. The quantitative estimate of drug-likeness (QED) is 0.227. The van der Waals surface area contributed by atoms with Crippen LogP contribution in [0.1, 0.15) is 0 Å². The molecule has 0 rings (SSSR count). The summed E-state index contributed by atoms with van der Waals surface area (Å²) in [7, 11) is 0. The van der Waals surface area contributed by atoms with Crippen LogP contribution in [0, 0.1) is 5.53 Å². The van der Waals surface area contributed by atoms with Gasteiger partial charge in [-0.3, -0.25) is 5.43 Å². The van der Waals surface area contributed by atoms with Gasteiger partial charge in [0.25, 0.3) is 0 Å². The van der Waals surface area contributed by atoms with Gasteiger partial charge in [-0.15, -0.1) is 5.11 Å². The van der Waals surface area contributed by atoms with Crippen molar-refractivity contribution in [2.45, 2.75) is 0 Å². The normalized spacial score (nSPS) is 6.86. The molecule has 0 aliphatic rings. The molecule has 5 heteroatoms. The van der Waals surface area contributed by atoms with Crippen LogP contribution in [0.2, 0.25) is 0 Å². The van der Waals surface area contributed by atoms with Crippen molar-refractivity contribution in [2.24, 2.45) is 10.2 Å². The number of nitrogens with zero attached hydrogens (tertiary/aromatic N) is 2. The highest BCUT2D eigenvalue weighted by atomic mass is 32.1. The zero-order chi connectivity index (χ0) is 5.70. The minimum atomic E-state index is 0.0231. The van der Waals surface area contributed by atoms with Crippen molar-refractivity contribution in [3.63, 3.8) is 0 Å². The predicted molar refractivity (Wildman–Crippen MR) is 30.4 cm³/mol. The fraction of sp³-hybridized carbons (Fsp3) is 0. The molecule has 7 heavy (non-hydrogen) atoms. The first-order valence-corrected chi connectivity index (χ1v) is 1.85. The zero-order valence-corrected chi connectivity index (χ0v) is 4.33. The SMILES string of the molecule is C=NNC(=S)N=N. The van der Waals surface area contributed by atoms with Crippen molar-refractivity contribution in [1.82, 2.24) is 5.43 Å². The monoisotopic (exact) mass is 116 g/mol. The molecule has 0 aromatic carbocycles. The molecule has 0 fully saturated rings. The smallest absolute Gasteiger partial charge is 0.233 e. The lowest BCUT2D eigenvalue weighted by Gasteiger charge is -1.86. The number of rotatable bonds is 1. The van der Waals surface area contributed by atoms with Gasteiger partial charge >= 0.3 is 0 Å². The highest BCUT2D eigenvalue weighted by Gasteiger charge is 1.80. The molecule has 0 spiro atoms. The molecular weight excluding hydrogens is 112 g/mol. The maximum atomic E-state index is 6.25. The average molecular weight is 116 g/mol. The summed E-state index contributed by atoms with van der Waals surface area (Å²) in [5.41, 5.74) is 8.43. The largest absolute Gasteiger partial charge is 0.251 e. The second-order valence-electron chi connectivity index (χ2n) is 0.687. The Morgan fingerprint density at radius 3 is 2.57 bits per heavy atom. The van der Waals surface area contributed by atoms with Crippen LogP contribution in [0.4, 0.5) is 0 Å². The average Bonchev–Trinajstić information content (AvgIpc) is 1.68. The number of hydrogen-bond donors (Lipinski definition) is 2. The Balaban J connectivity index is 3.36. The van der Waals surface area contributed by atoms with Gasteiger partial charge in [0.15, 0.2) is 0 Å². The fourth-order valence-corrected chi connectivity index (χ4v) is 0.157. The summed E-state index contributed by atoms with van der Waals surface area (Å²) in [5.74, 6) is 0. The van der Waals surface area contributed by atoms with Crippen molar-refractivity contribution in [3.05, 3.63) is 0 Å². The van der Waals surface area contributed by atoms with Gasteiger partial charge in [0.2, 0.25) is 5.11 Å². The van der Waals surface area contributed by atoms with Crippen molar-refractivity contribution in [2.75, 3.05) is 0 Å². The maximum Gasteiger partial charge on any atom is 0.233 e. The summed E-state index contributed by atoms with van der Waals surface area (Å²) in [5, 5.41) is 5.99. The molecule has 38 valence electrons. The second kappa shape index (κ2) is 3.35. The van der Waals surface area contributed by atoms with E-state index in [1.807, 2.05) is 0 Å². The molecule has 0 heterocycles. The van der Waals surface area contributed by atoms with Crippen LogP contribution >= 0.6 is 12.2 Å². The molecule has 0 saturated heterocycles. The molecule has 0 saturated carbocycles. The van der Waals surface area contributed by atoms with Gasteiger partial charge in [0.05, 0.1) is 0 Å².